The molecular formula is C19H18F4N2O4. The molecule has 0 heterocycles. The van der Waals surface area contributed by atoms with E-state index < -0.39 is 30.4 Å². The maximum atomic E-state index is 12.8. The summed E-state index contributed by atoms with van der Waals surface area (Å²) in [6.07, 6.45) is -4.23. The summed E-state index contributed by atoms with van der Waals surface area (Å²) in [5.74, 6) is -1.54. The van der Waals surface area contributed by atoms with Crippen molar-refractivity contribution < 1.29 is 36.6 Å². The van der Waals surface area contributed by atoms with E-state index in [1.807, 2.05) is 0 Å². The Kier molecular flexibility index (Phi) is 7.40. The zero-order valence-electron chi connectivity index (χ0n) is 15.3. The lowest BCUT2D eigenvalue weighted by Crippen LogP contribution is -2.41. The van der Waals surface area contributed by atoms with Gasteiger partial charge in [0.05, 0.1) is 7.11 Å². The van der Waals surface area contributed by atoms with E-state index in [0.29, 0.717) is 5.56 Å². The molecule has 29 heavy (non-hydrogen) atoms. The van der Waals surface area contributed by atoms with Crippen molar-refractivity contribution in [3.05, 3.63) is 59.4 Å². The van der Waals surface area contributed by atoms with Crippen LogP contribution in [0.25, 0.3) is 0 Å². The first-order valence-corrected chi connectivity index (χ1v) is 8.39. The van der Waals surface area contributed by atoms with Crippen molar-refractivity contribution in [2.45, 2.75) is 19.0 Å². The molecule has 0 saturated heterocycles. The van der Waals surface area contributed by atoms with Crippen LogP contribution in [0.5, 0.6) is 11.5 Å². The van der Waals surface area contributed by atoms with Crippen LogP contribution in [-0.2, 0) is 11.2 Å². The normalized spacial score (nSPS) is 10.9. The van der Waals surface area contributed by atoms with Gasteiger partial charge in [0, 0.05) is 12.0 Å². The van der Waals surface area contributed by atoms with Crippen LogP contribution in [0, 0.1) is 5.82 Å². The lowest BCUT2D eigenvalue weighted by molar-refractivity contribution is -0.153. The summed E-state index contributed by atoms with van der Waals surface area (Å²) in [6, 6.07) is 9.08. The van der Waals surface area contributed by atoms with Crippen LogP contribution in [0.4, 0.5) is 17.6 Å². The van der Waals surface area contributed by atoms with Gasteiger partial charge >= 0.3 is 6.18 Å². The number of hydrogen-bond acceptors (Lipinski definition) is 4. The standard InChI is InChI=1S/C19H18F4N2O4/c1-28-16-10-12(2-8-15(16)29-11-19(21,22)23)3-9-17(26)24-25-18(27)13-4-6-14(20)7-5-13/h2,4-8,10H,3,9,11H2,1H3,(H,24,26)(H,25,27). The molecular weight excluding hydrogens is 396 g/mol. The fraction of sp³-hybridized carbons (Fsp3) is 0.263. The number of methoxy groups -OCH3 is 1. The predicted octanol–water partition coefficient (Wildman–Crippen LogP) is 3.17. The van der Waals surface area contributed by atoms with Gasteiger partial charge in [-0.1, -0.05) is 6.07 Å². The SMILES string of the molecule is COc1cc(CCC(=O)NNC(=O)c2ccc(F)cc2)ccc1OCC(F)(F)F. The molecule has 0 aliphatic rings. The van der Waals surface area contributed by atoms with Crippen LogP contribution in [0.1, 0.15) is 22.3 Å². The number of amides is 2. The van der Waals surface area contributed by atoms with E-state index in [1.54, 1.807) is 0 Å². The van der Waals surface area contributed by atoms with Crippen LogP contribution in [0.15, 0.2) is 42.5 Å². The number of hydrazine groups is 1. The smallest absolute Gasteiger partial charge is 0.422 e. The molecule has 0 saturated carbocycles. The lowest BCUT2D eigenvalue weighted by atomic mass is 10.1. The summed E-state index contributed by atoms with van der Waals surface area (Å²) in [4.78, 5) is 23.7. The Balaban J connectivity index is 1.84. The van der Waals surface area contributed by atoms with Gasteiger partial charge in [-0.2, -0.15) is 13.2 Å². The quantitative estimate of drug-likeness (QED) is 0.539. The molecule has 0 aromatic heterocycles. The zero-order valence-corrected chi connectivity index (χ0v) is 15.3. The van der Waals surface area contributed by atoms with Crippen molar-refractivity contribution in [3.63, 3.8) is 0 Å². The average Bonchev–Trinajstić information content (AvgIpc) is 2.69. The number of benzene rings is 2. The van der Waals surface area contributed by atoms with Crippen LogP contribution in [0.2, 0.25) is 0 Å². The third kappa shape index (κ3) is 7.32. The largest absolute Gasteiger partial charge is 0.493 e. The molecule has 0 aliphatic heterocycles. The summed E-state index contributed by atoms with van der Waals surface area (Å²) >= 11 is 0. The molecule has 156 valence electrons. The van der Waals surface area contributed by atoms with Crippen molar-refractivity contribution in [3.8, 4) is 11.5 Å². The van der Waals surface area contributed by atoms with E-state index in [2.05, 4.69) is 15.6 Å². The fourth-order valence-corrected chi connectivity index (χ4v) is 2.27. The summed E-state index contributed by atoms with van der Waals surface area (Å²) in [5.41, 5.74) is 5.23. The second-order valence-electron chi connectivity index (χ2n) is 5.90. The molecule has 2 rings (SSSR count). The van der Waals surface area contributed by atoms with Gasteiger partial charge in [-0.3, -0.25) is 20.4 Å². The molecule has 2 N–H and O–H groups in total. The van der Waals surface area contributed by atoms with Gasteiger partial charge in [0.2, 0.25) is 5.91 Å². The minimum absolute atomic E-state index is 0.00436. The molecule has 10 heteroatoms. The molecule has 0 fully saturated rings. The van der Waals surface area contributed by atoms with Crippen LogP contribution in [0.3, 0.4) is 0 Å². The maximum absolute atomic E-state index is 12.8. The van der Waals surface area contributed by atoms with Gasteiger partial charge in [-0.05, 0) is 48.4 Å². The van der Waals surface area contributed by atoms with Gasteiger partial charge < -0.3 is 9.47 Å². The number of alkyl halides is 3. The third-order valence-corrected chi connectivity index (χ3v) is 3.68. The monoisotopic (exact) mass is 414 g/mol. The predicted molar refractivity (Wildman–Crippen MR) is 94.9 cm³/mol. The Labute approximate surface area is 163 Å². The average molecular weight is 414 g/mol. The highest BCUT2D eigenvalue weighted by Crippen LogP contribution is 2.30. The highest BCUT2D eigenvalue weighted by molar-refractivity contribution is 5.95. The van der Waals surface area contributed by atoms with E-state index >= 15 is 0 Å². The molecule has 0 atom stereocenters. The second kappa shape index (κ2) is 9.76. The molecule has 2 aromatic rings. The van der Waals surface area contributed by atoms with Crippen molar-refractivity contribution >= 4 is 11.8 Å². The van der Waals surface area contributed by atoms with Gasteiger partial charge in [-0.25, -0.2) is 4.39 Å². The number of carbonyl (C=O) groups is 2. The number of carbonyl (C=O) groups excluding carboxylic acids is 2. The first-order chi connectivity index (χ1) is 13.7. The summed E-state index contributed by atoms with van der Waals surface area (Å²) in [6.45, 7) is -1.45. The molecule has 2 amide bonds. The molecule has 0 bridgehead atoms. The Morgan fingerprint density at radius 3 is 2.31 bits per heavy atom. The first-order valence-electron chi connectivity index (χ1n) is 8.39. The van der Waals surface area contributed by atoms with Crippen molar-refractivity contribution in [1.29, 1.82) is 0 Å². The first kappa shape index (κ1) is 22.0. The number of halogens is 4. The molecule has 6 nitrogen and oxygen atoms in total. The number of aryl methyl sites for hydroxylation is 1. The molecule has 0 radical (unpaired) electrons. The van der Waals surface area contributed by atoms with Gasteiger partial charge in [0.1, 0.15) is 5.82 Å². The molecule has 0 unspecified atom stereocenters. The van der Waals surface area contributed by atoms with Crippen molar-refractivity contribution in [1.82, 2.24) is 10.9 Å². The van der Waals surface area contributed by atoms with Crippen molar-refractivity contribution in [2.75, 3.05) is 13.7 Å². The van der Waals surface area contributed by atoms with E-state index in [9.17, 15) is 27.2 Å². The Bertz CT molecular complexity index is 854. The number of hydrogen-bond donors (Lipinski definition) is 2. The minimum Gasteiger partial charge on any atom is -0.493 e. The number of nitrogens with one attached hydrogen (secondary N) is 2. The summed E-state index contributed by atoms with van der Waals surface area (Å²) in [5, 5.41) is 0. The molecule has 0 aliphatic carbocycles. The van der Waals surface area contributed by atoms with Gasteiger partial charge in [-0.15, -0.1) is 0 Å². The van der Waals surface area contributed by atoms with Crippen LogP contribution < -0.4 is 20.3 Å². The summed E-state index contributed by atoms with van der Waals surface area (Å²) in [7, 11) is 1.29. The van der Waals surface area contributed by atoms with Crippen molar-refractivity contribution in [2.24, 2.45) is 0 Å². The Morgan fingerprint density at radius 2 is 1.69 bits per heavy atom. The maximum Gasteiger partial charge on any atom is 0.422 e. The second-order valence-corrected chi connectivity index (χ2v) is 5.90. The highest BCUT2D eigenvalue weighted by Gasteiger charge is 2.29. The van der Waals surface area contributed by atoms with Crippen LogP contribution in [-0.4, -0.2) is 31.7 Å². The van der Waals surface area contributed by atoms with E-state index in [0.717, 1.165) is 12.1 Å². The van der Waals surface area contributed by atoms with E-state index in [-0.39, 0.29) is 29.9 Å². The van der Waals surface area contributed by atoms with Gasteiger partial charge in [0.25, 0.3) is 5.91 Å². The molecule has 0 spiro atoms. The fourth-order valence-electron chi connectivity index (χ4n) is 2.27. The Morgan fingerprint density at radius 1 is 1.00 bits per heavy atom. The van der Waals surface area contributed by atoms with E-state index in [4.69, 9.17) is 4.74 Å². The molecule has 2 aromatic carbocycles. The number of ether oxygens (including phenoxy) is 2. The lowest BCUT2D eigenvalue weighted by Gasteiger charge is -2.13. The highest BCUT2D eigenvalue weighted by atomic mass is 19.4. The topological polar surface area (TPSA) is 76.7 Å². The van der Waals surface area contributed by atoms with Crippen LogP contribution >= 0.6 is 0 Å². The summed E-state index contributed by atoms with van der Waals surface area (Å²) < 4.78 is 59.3. The third-order valence-electron chi connectivity index (χ3n) is 3.68. The van der Waals surface area contributed by atoms with E-state index in [1.165, 1.54) is 37.4 Å². The zero-order chi connectivity index (χ0) is 21.4. The minimum atomic E-state index is -4.47. The van der Waals surface area contributed by atoms with Gasteiger partial charge in [0.15, 0.2) is 18.1 Å². The Hall–Kier alpha value is -3.30. The number of rotatable bonds is 7.